The lowest BCUT2D eigenvalue weighted by Gasteiger charge is -2.15. The summed E-state index contributed by atoms with van der Waals surface area (Å²) in [6.45, 7) is 0. The van der Waals surface area contributed by atoms with E-state index in [1.54, 1.807) is 0 Å². The first-order valence-corrected chi connectivity index (χ1v) is 7.95. The lowest BCUT2D eigenvalue weighted by molar-refractivity contribution is 0.0981. The van der Waals surface area contributed by atoms with Gasteiger partial charge in [-0.15, -0.1) is 0 Å². The van der Waals surface area contributed by atoms with Crippen molar-refractivity contribution in [3.63, 3.8) is 0 Å². The predicted molar refractivity (Wildman–Crippen MR) is 98.7 cm³/mol. The summed E-state index contributed by atoms with van der Waals surface area (Å²) < 4.78 is 0. The molecule has 26 heavy (non-hydrogen) atoms. The third-order valence-electron chi connectivity index (χ3n) is 4.12. The Kier molecular flexibility index (Phi) is 3.78. The maximum absolute atomic E-state index is 12.5. The Morgan fingerprint density at radius 1 is 0.885 bits per heavy atom. The van der Waals surface area contributed by atoms with E-state index in [0.717, 1.165) is 11.1 Å². The molecule has 0 saturated heterocycles. The molecule has 0 saturated carbocycles. The van der Waals surface area contributed by atoms with Gasteiger partial charge in [-0.3, -0.25) is 9.59 Å². The predicted octanol–water partition coefficient (Wildman–Crippen LogP) is 3.10. The molecule has 6 heteroatoms. The van der Waals surface area contributed by atoms with Crippen LogP contribution in [0.15, 0.2) is 72.8 Å². The standard InChI is InChI=1S/C20H14N4O2/c21-14-5-1-12(2-6-14)13-3-7-15(8-4-13)24-17-9-18(25)19-16(20(17)26)10-22-11-23-19/h1-11,24H,21H2. The molecule has 3 N–H and O–H groups in total. The zero-order valence-corrected chi connectivity index (χ0v) is 13.6. The van der Waals surface area contributed by atoms with Crippen molar-refractivity contribution in [2.24, 2.45) is 0 Å². The molecular formula is C20H14N4O2. The number of aromatic nitrogens is 2. The summed E-state index contributed by atoms with van der Waals surface area (Å²) in [6.07, 6.45) is 3.89. The van der Waals surface area contributed by atoms with Crippen LogP contribution in [0.5, 0.6) is 0 Å². The Balaban J connectivity index is 1.57. The fourth-order valence-corrected chi connectivity index (χ4v) is 2.77. The summed E-state index contributed by atoms with van der Waals surface area (Å²) in [7, 11) is 0. The number of nitrogens with two attached hydrogens (primary N) is 1. The molecule has 126 valence electrons. The number of Topliss-reactive ketones (excluding diaryl/α,β-unsaturated/α-hetero) is 1. The van der Waals surface area contributed by atoms with Crippen molar-refractivity contribution >= 4 is 22.9 Å². The molecule has 1 heterocycles. The minimum absolute atomic E-state index is 0.134. The van der Waals surface area contributed by atoms with E-state index in [0.29, 0.717) is 11.4 Å². The van der Waals surface area contributed by atoms with Gasteiger partial charge in [0.2, 0.25) is 11.6 Å². The smallest absolute Gasteiger partial charge is 0.213 e. The van der Waals surface area contributed by atoms with Crippen LogP contribution in [-0.4, -0.2) is 21.5 Å². The molecule has 1 aromatic heterocycles. The molecule has 0 spiro atoms. The van der Waals surface area contributed by atoms with Crippen molar-refractivity contribution in [1.29, 1.82) is 0 Å². The SMILES string of the molecule is Nc1ccc(-c2ccc(NC3=CC(=O)c4ncncc4C3=O)cc2)cc1. The monoisotopic (exact) mass is 342 g/mol. The van der Waals surface area contributed by atoms with E-state index in [-0.39, 0.29) is 28.5 Å². The molecule has 0 unspecified atom stereocenters. The van der Waals surface area contributed by atoms with Gasteiger partial charge in [0.05, 0.1) is 11.3 Å². The van der Waals surface area contributed by atoms with Crippen LogP contribution in [0.25, 0.3) is 11.1 Å². The van der Waals surface area contributed by atoms with E-state index < -0.39 is 0 Å². The zero-order chi connectivity index (χ0) is 18.1. The number of rotatable bonds is 3. The highest BCUT2D eigenvalue weighted by Crippen LogP contribution is 2.25. The average Bonchev–Trinajstić information content (AvgIpc) is 2.67. The van der Waals surface area contributed by atoms with Crippen LogP contribution >= 0.6 is 0 Å². The molecule has 0 atom stereocenters. The maximum Gasteiger partial charge on any atom is 0.213 e. The summed E-state index contributed by atoms with van der Waals surface area (Å²) in [5.41, 5.74) is 9.74. The molecular weight excluding hydrogens is 328 g/mol. The van der Waals surface area contributed by atoms with Crippen LogP contribution < -0.4 is 11.1 Å². The fraction of sp³-hybridized carbons (Fsp3) is 0. The summed E-state index contributed by atoms with van der Waals surface area (Å²) in [5, 5.41) is 3.00. The number of carbonyl (C=O) groups is 2. The van der Waals surface area contributed by atoms with Gasteiger partial charge in [0.25, 0.3) is 0 Å². The summed E-state index contributed by atoms with van der Waals surface area (Å²) >= 11 is 0. The Morgan fingerprint density at radius 2 is 1.54 bits per heavy atom. The molecule has 0 amide bonds. The molecule has 1 aliphatic carbocycles. The second-order valence-electron chi connectivity index (χ2n) is 5.86. The lowest BCUT2D eigenvalue weighted by atomic mass is 9.98. The van der Waals surface area contributed by atoms with Crippen LogP contribution in [0.4, 0.5) is 11.4 Å². The summed E-state index contributed by atoms with van der Waals surface area (Å²) in [6, 6.07) is 15.1. The molecule has 3 aromatic rings. The van der Waals surface area contributed by atoms with Crippen molar-refractivity contribution in [3.05, 3.63) is 84.1 Å². The van der Waals surface area contributed by atoms with Crippen LogP contribution in [0.1, 0.15) is 20.8 Å². The lowest BCUT2D eigenvalue weighted by Crippen LogP contribution is -2.22. The first kappa shape index (κ1) is 15.7. The van der Waals surface area contributed by atoms with Gasteiger partial charge >= 0.3 is 0 Å². The third-order valence-corrected chi connectivity index (χ3v) is 4.12. The number of anilines is 2. The van der Waals surface area contributed by atoms with Gasteiger partial charge in [0.1, 0.15) is 12.0 Å². The Hall–Kier alpha value is -3.80. The van der Waals surface area contributed by atoms with Gasteiger partial charge in [-0.2, -0.15) is 0 Å². The van der Waals surface area contributed by atoms with Crippen LogP contribution in [0.2, 0.25) is 0 Å². The maximum atomic E-state index is 12.5. The number of allylic oxidation sites excluding steroid dienone is 2. The molecule has 0 radical (unpaired) electrons. The second-order valence-corrected chi connectivity index (χ2v) is 5.86. The highest BCUT2D eigenvalue weighted by Gasteiger charge is 2.27. The molecule has 4 rings (SSSR count). The van der Waals surface area contributed by atoms with Crippen molar-refractivity contribution < 1.29 is 9.59 Å². The quantitative estimate of drug-likeness (QED) is 0.710. The van der Waals surface area contributed by atoms with Crippen LogP contribution in [0, 0.1) is 0 Å². The molecule has 0 aliphatic heterocycles. The van der Waals surface area contributed by atoms with E-state index in [1.807, 2.05) is 48.5 Å². The Bertz CT molecular complexity index is 1040. The molecule has 1 aliphatic rings. The second kappa shape index (κ2) is 6.25. The normalized spacial score (nSPS) is 13.2. The molecule has 0 bridgehead atoms. The van der Waals surface area contributed by atoms with Gasteiger partial charge < -0.3 is 11.1 Å². The fourth-order valence-electron chi connectivity index (χ4n) is 2.77. The van der Waals surface area contributed by atoms with Crippen molar-refractivity contribution in [3.8, 4) is 11.1 Å². The Labute approximate surface area is 149 Å². The summed E-state index contributed by atoms with van der Waals surface area (Å²) in [5.74, 6) is -0.620. The number of nitrogens with zero attached hydrogens (tertiary/aromatic N) is 2. The van der Waals surface area contributed by atoms with E-state index in [2.05, 4.69) is 15.3 Å². The van der Waals surface area contributed by atoms with Crippen molar-refractivity contribution in [2.45, 2.75) is 0 Å². The molecule has 2 aromatic carbocycles. The van der Waals surface area contributed by atoms with Gasteiger partial charge in [-0.25, -0.2) is 9.97 Å². The van der Waals surface area contributed by atoms with E-state index >= 15 is 0 Å². The highest BCUT2D eigenvalue weighted by molar-refractivity contribution is 6.24. The summed E-state index contributed by atoms with van der Waals surface area (Å²) in [4.78, 5) is 32.3. The zero-order valence-electron chi connectivity index (χ0n) is 13.6. The first-order valence-electron chi connectivity index (χ1n) is 7.95. The van der Waals surface area contributed by atoms with Crippen LogP contribution in [0.3, 0.4) is 0 Å². The van der Waals surface area contributed by atoms with Gasteiger partial charge in [0.15, 0.2) is 0 Å². The van der Waals surface area contributed by atoms with E-state index in [4.69, 9.17) is 5.73 Å². The topological polar surface area (TPSA) is 98.0 Å². The third kappa shape index (κ3) is 2.84. The van der Waals surface area contributed by atoms with Crippen LogP contribution in [-0.2, 0) is 0 Å². The van der Waals surface area contributed by atoms with Gasteiger partial charge in [-0.05, 0) is 35.4 Å². The minimum atomic E-state index is -0.317. The van der Waals surface area contributed by atoms with Crippen molar-refractivity contribution in [1.82, 2.24) is 9.97 Å². The number of hydrogen-bond acceptors (Lipinski definition) is 6. The van der Waals surface area contributed by atoms with E-state index in [9.17, 15) is 9.59 Å². The van der Waals surface area contributed by atoms with E-state index in [1.165, 1.54) is 18.6 Å². The first-order chi connectivity index (χ1) is 12.6. The number of hydrogen-bond donors (Lipinski definition) is 2. The number of ketones is 2. The molecule has 0 fully saturated rings. The Morgan fingerprint density at radius 3 is 2.23 bits per heavy atom. The number of nitrogens with one attached hydrogen (secondary N) is 1. The number of fused-ring (bicyclic) bond motifs is 1. The van der Waals surface area contributed by atoms with Gasteiger partial charge in [0, 0.05) is 23.6 Å². The largest absolute Gasteiger partial charge is 0.399 e. The number of carbonyl (C=O) groups excluding carboxylic acids is 2. The van der Waals surface area contributed by atoms with Gasteiger partial charge in [-0.1, -0.05) is 24.3 Å². The number of nitrogen functional groups attached to an aromatic ring is 1. The minimum Gasteiger partial charge on any atom is -0.399 e. The average molecular weight is 342 g/mol. The highest BCUT2D eigenvalue weighted by atomic mass is 16.1. The molecule has 6 nitrogen and oxygen atoms in total. The number of benzene rings is 2. The van der Waals surface area contributed by atoms with Crippen molar-refractivity contribution in [2.75, 3.05) is 11.1 Å².